The summed E-state index contributed by atoms with van der Waals surface area (Å²) in [4.78, 5) is 33.4. The van der Waals surface area contributed by atoms with Gasteiger partial charge in [0.1, 0.15) is 11.1 Å². The number of nitro groups is 1. The van der Waals surface area contributed by atoms with E-state index in [0.29, 0.717) is 0 Å². The first-order valence-electron chi connectivity index (χ1n) is 5.64. The number of aliphatic hydroxyl groups is 1. The topological polar surface area (TPSA) is 123 Å². The van der Waals surface area contributed by atoms with E-state index in [0.717, 1.165) is 0 Å². The van der Waals surface area contributed by atoms with Gasteiger partial charge < -0.3 is 14.8 Å². The number of nitrogens with one attached hydrogen (secondary N) is 1. The van der Waals surface area contributed by atoms with E-state index in [-0.39, 0.29) is 35.4 Å². The zero-order valence-electron chi connectivity index (χ0n) is 10.2. The first-order valence-corrected chi connectivity index (χ1v) is 5.64. The van der Waals surface area contributed by atoms with Gasteiger partial charge in [-0.25, -0.2) is 4.79 Å². The molecule has 1 amide bonds. The monoisotopic (exact) mass is 278 g/mol. The lowest BCUT2D eigenvalue weighted by atomic mass is 10.1. The van der Waals surface area contributed by atoms with Crippen LogP contribution in [0.2, 0.25) is 0 Å². The van der Waals surface area contributed by atoms with E-state index in [1.165, 1.54) is 24.3 Å². The molecule has 2 N–H and O–H groups in total. The van der Waals surface area contributed by atoms with Crippen molar-refractivity contribution < 1.29 is 19.2 Å². The van der Waals surface area contributed by atoms with Crippen molar-refractivity contribution in [2.75, 3.05) is 13.2 Å². The molecule has 104 valence electrons. The third-order valence-corrected chi connectivity index (χ3v) is 2.57. The molecule has 1 aromatic carbocycles. The first-order chi connectivity index (χ1) is 9.52. The van der Waals surface area contributed by atoms with Crippen LogP contribution in [-0.4, -0.2) is 29.1 Å². The molecule has 0 bridgehead atoms. The molecule has 0 unspecified atom stereocenters. The minimum Gasteiger partial charge on any atom is -0.422 e. The van der Waals surface area contributed by atoms with E-state index >= 15 is 0 Å². The molecular weight excluding hydrogens is 268 g/mol. The number of carbonyl (C=O) groups excluding carboxylic acids is 1. The number of nitrogens with zero attached hydrogens (tertiary/aromatic N) is 1. The van der Waals surface area contributed by atoms with Gasteiger partial charge in [0.15, 0.2) is 0 Å². The van der Waals surface area contributed by atoms with E-state index < -0.39 is 16.5 Å². The first kappa shape index (κ1) is 13.7. The van der Waals surface area contributed by atoms with Crippen LogP contribution in [0.3, 0.4) is 0 Å². The van der Waals surface area contributed by atoms with Crippen molar-refractivity contribution in [3.8, 4) is 0 Å². The summed E-state index contributed by atoms with van der Waals surface area (Å²) in [5.74, 6) is -0.707. The van der Waals surface area contributed by atoms with Gasteiger partial charge in [0, 0.05) is 24.1 Å². The fraction of sp³-hybridized carbons (Fsp3) is 0.167. The maximum absolute atomic E-state index is 11.7. The third-order valence-electron chi connectivity index (χ3n) is 2.57. The number of carbonyl (C=O) groups is 1. The van der Waals surface area contributed by atoms with Crippen molar-refractivity contribution in [1.29, 1.82) is 0 Å². The molecule has 0 aliphatic rings. The molecule has 1 aromatic heterocycles. The Morgan fingerprint density at radius 3 is 2.80 bits per heavy atom. The van der Waals surface area contributed by atoms with Crippen molar-refractivity contribution in [3.63, 3.8) is 0 Å². The molecule has 0 saturated carbocycles. The highest BCUT2D eigenvalue weighted by Gasteiger charge is 2.15. The van der Waals surface area contributed by atoms with Crippen LogP contribution < -0.4 is 10.9 Å². The number of nitro benzene ring substituents is 1. The lowest BCUT2D eigenvalue weighted by Crippen LogP contribution is -2.30. The van der Waals surface area contributed by atoms with E-state index in [4.69, 9.17) is 9.52 Å². The van der Waals surface area contributed by atoms with Gasteiger partial charge in [0.05, 0.1) is 11.5 Å². The normalized spacial score (nSPS) is 10.4. The maximum Gasteiger partial charge on any atom is 0.349 e. The molecular formula is C12H10N2O6. The molecule has 2 aromatic rings. The van der Waals surface area contributed by atoms with Gasteiger partial charge in [-0.3, -0.25) is 14.9 Å². The van der Waals surface area contributed by atoms with Gasteiger partial charge in [-0.2, -0.15) is 0 Å². The van der Waals surface area contributed by atoms with Crippen LogP contribution in [0.1, 0.15) is 10.4 Å². The summed E-state index contributed by atoms with van der Waals surface area (Å²) >= 11 is 0. The Balaban J connectivity index is 2.51. The molecule has 0 fully saturated rings. The zero-order valence-corrected chi connectivity index (χ0v) is 10.2. The Morgan fingerprint density at radius 2 is 2.15 bits per heavy atom. The van der Waals surface area contributed by atoms with Crippen LogP contribution in [0.5, 0.6) is 0 Å². The summed E-state index contributed by atoms with van der Waals surface area (Å²) in [5.41, 5.74) is -1.14. The summed E-state index contributed by atoms with van der Waals surface area (Å²) in [6.07, 6.45) is 0. The molecule has 20 heavy (non-hydrogen) atoms. The molecule has 1 heterocycles. The SMILES string of the molecule is O=C(NCCO)c1cc2cc([N+](=O)[O-])ccc2oc1=O. The number of hydrogen-bond donors (Lipinski definition) is 2. The van der Waals surface area contributed by atoms with E-state index in [1.54, 1.807) is 0 Å². The highest BCUT2D eigenvalue weighted by Crippen LogP contribution is 2.20. The maximum atomic E-state index is 11.7. The standard InChI is InChI=1S/C12H10N2O6/c15-4-3-13-11(16)9-6-7-5-8(14(18)19)1-2-10(7)20-12(9)17/h1-2,5-6,15H,3-4H2,(H,13,16). The van der Waals surface area contributed by atoms with Crippen molar-refractivity contribution in [1.82, 2.24) is 5.32 Å². The van der Waals surface area contributed by atoms with Crippen molar-refractivity contribution >= 4 is 22.6 Å². The number of amides is 1. The predicted molar refractivity (Wildman–Crippen MR) is 68.6 cm³/mol. The summed E-state index contributed by atoms with van der Waals surface area (Å²) in [6.45, 7) is -0.276. The molecule has 0 aliphatic heterocycles. The number of aliphatic hydroxyl groups excluding tert-OH is 1. The largest absolute Gasteiger partial charge is 0.422 e. The van der Waals surface area contributed by atoms with E-state index in [9.17, 15) is 19.7 Å². The lowest BCUT2D eigenvalue weighted by Gasteiger charge is -2.03. The second kappa shape index (κ2) is 5.49. The highest BCUT2D eigenvalue weighted by molar-refractivity contribution is 5.96. The van der Waals surface area contributed by atoms with Crippen molar-refractivity contribution in [3.05, 3.63) is 50.4 Å². The molecule has 8 heteroatoms. The molecule has 0 atom stereocenters. The molecule has 0 spiro atoms. The van der Waals surface area contributed by atoms with Gasteiger partial charge >= 0.3 is 5.63 Å². The molecule has 0 radical (unpaired) electrons. The zero-order chi connectivity index (χ0) is 14.7. The van der Waals surface area contributed by atoms with Gasteiger partial charge in [-0.1, -0.05) is 0 Å². The number of non-ortho nitro benzene ring substituents is 1. The lowest BCUT2D eigenvalue weighted by molar-refractivity contribution is -0.384. The fourth-order valence-corrected chi connectivity index (χ4v) is 1.65. The quantitative estimate of drug-likeness (QED) is 0.474. The number of hydrogen-bond acceptors (Lipinski definition) is 6. The molecule has 2 rings (SSSR count). The molecule has 8 nitrogen and oxygen atoms in total. The van der Waals surface area contributed by atoms with Gasteiger partial charge in [-0.05, 0) is 12.1 Å². The van der Waals surface area contributed by atoms with Crippen LogP contribution in [0.4, 0.5) is 5.69 Å². The highest BCUT2D eigenvalue weighted by atomic mass is 16.6. The molecule has 0 saturated heterocycles. The number of fused-ring (bicyclic) bond motifs is 1. The Bertz CT molecular complexity index is 736. The van der Waals surface area contributed by atoms with Crippen molar-refractivity contribution in [2.45, 2.75) is 0 Å². The van der Waals surface area contributed by atoms with Crippen LogP contribution >= 0.6 is 0 Å². The van der Waals surface area contributed by atoms with Gasteiger partial charge in [0.2, 0.25) is 0 Å². The molecule has 0 aliphatic carbocycles. The minimum atomic E-state index is -0.846. The average molecular weight is 278 g/mol. The third kappa shape index (κ3) is 2.64. The summed E-state index contributed by atoms with van der Waals surface area (Å²) in [7, 11) is 0. The Kier molecular flexibility index (Phi) is 3.76. The van der Waals surface area contributed by atoms with E-state index in [1.807, 2.05) is 0 Å². The van der Waals surface area contributed by atoms with Crippen LogP contribution in [-0.2, 0) is 0 Å². The van der Waals surface area contributed by atoms with Crippen LogP contribution in [0.25, 0.3) is 11.0 Å². The van der Waals surface area contributed by atoms with Gasteiger partial charge in [-0.15, -0.1) is 0 Å². The van der Waals surface area contributed by atoms with E-state index in [2.05, 4.69) is 5.32 Å². The smallest absolute Gasteiger partial charge is 0.349 e. The number of rotatable bonds is 4. The van der Waals surface area contributed by atoms with Crippen LogP contribution in [0, 0.1) is 10.1 Å². The summed E-state index contributed by atoms with van der Waals surface area (Å²) < 4.78 is 4.93. The van der Waals surface area contributed by atoms with Crippen LogP contribution in [0.15, 0.2) is 33.5 Å². The Hall–Kier alpha value is -2.74. The average Bonchev–Trinajstić information content (AvgIpc) is 2.43. The number of benzene rings is 1. The second-order valence-electron chi connectivity index (χ2n) is 3.91. The second-order valence-corrected chi connectivity index (χ2v) is 3.91. The minimum absolute atomic E-state index is 0.00868. The fourth-order valence-electron chi connectivity index (χ4n) is 1.65. The summed E-state index contributed by atoms with van der Waals surface area (Å²) in [6, 6.07) is 4.93. The Morgan fingerprint density at radius 1 is 1.40 bits per heavy atom. The Labute approximate surface area is 111 Å². The predicted octanol–water partition coefficient (Wildman–Crippen LogP) is 0.423. The summed E-state index contributed by atoms with van der Waals surface area (Å²) in [5, 5.41) is 21.9. The van der Waals surface area contributed by atoms with Gasteiger partial charge in [0.25, 0.3) is 11.6 Å². The van der Waals surface area contributed by atoms with Crippen molar-refractivity contribution in [2.24, 2.45) is 0 Å².